The van der Waals surface area contributed by atoms with Crippen LogP contribution in [0.2, 0.25) is 0 Å². The van der Waals surface area contributed by atoms with E-state index in [-0.39, 0.29) is 0 Å². The lowest BCUT2D eigenvalue weighted by molar-refractivity contribution is 0.153. The zero-order chi connectivity index (χ0) is 14.3. The van der Waals surface area contributed by atoms with Crippen LogP contribution in [0.1, 0.15) is 47.5 Å². The molecule has 0 radical (unpaired) electrons. The van der Waals surface area contributed by atoms with E-state index >= 15 is 0 Å². The van der Waals surface area contributed by atoms with Crippen LogP contribution >= 0.6 is 11.8 Å². The van der Waals surface area contributed by atoms with E-state index in [4.69, 9.17) is 0 Å². The van der Waals surface area contributed by atoms with E-state index in [0.29, 0.717) is 5.41 Å². The Kier molecular flexibility index (Phi) is 7.78. The molecule has 2 atom stereocenters. The first-order valence-electron chi connectivity index (χ1n) is 8.00. The molecule has 0 saturated carbocycles. The topological polar surface area (TPSA) is 15.3 Å². The predicted molar refractivity (Wildman–Crippen MR) is 89.1 cm³/mol. The third kappa shape index (κ3) is 7.01. The molecule has 1 heterocycles. The molecule has 1 N–H and O–H groups in total. The summed E-state index contributed by atoms with van der Waals surface area (Å²) in [6, 6.07) is 0. The molecule has 0 aliphatic carbocycles. The third-order valence-electron chi connectivity index (χ3n) is 3.89. The number of rotatable bonds is 8. The Hall–Kier alpha value is 0.270. The van der Waals surface area contributed by atoms with E-state index in [1.807, 2.05) is 0 Å². The first kappa shape index (κ1) is 17.3. The van der Waals surface area contributed by atoms with Gasteiger partial charge in [0.05, 0.1) is 0 Å². The summed E-state index contributed by atoms with van der Waals surface area (Å²) in [5, 5.41) is 4.49. The van der Waals surface area contributed by atoms with E-state index in [9.17, 15) is 0 Å². The summed E-state index contributed by atoms with van der Waals surface area (Å²) in [7, 11) is 0. The standard InChI is InChI=1S/C16H34N2S/c1-6-7-16(5,12-17-10-14(2)3)13-18-8-9-19-15(4)11-18/h14-15,17H,6-13H2,1-5H3. The van der Waals surface area contributed by atoms with Crippen molar-refractivity contribution in [3.63, 3.8) is 0 Å². The molecule has 19 heavy (non-hydrogen) atoms. The van der Waals surface area contributed by atoms with Gasteiger partial charge in [-0.25, -0.2) is 0 Å². The molecule has 1 aliphatic heterocycles. The zero-order valence-corrected chi connectivity index (χ0v) is 14.5. The minimum atomic E-state index is 0.436. The van der Waals surface area contributed by atoms with Crippen LogP contribution in [0.25, 0.3) is 0 Å². The first-order valence-corrected chi connectivity index (χ1v) is 9.05. The predicted octanol–water partition coefficient (Wildman–Crippen LogP) is 3.48. The van der Waals surface area contributed by atoms with Gasteiger partial charge in [-0.1, -0.05) is 41.0 Å². The molecule has 0 aromatic rings. The summed E-state index contributed by atoms with van der Waals surface area (Å²) in [5.74, 6) is 2.06. The minimum Gasteiger partial charge on any atom is -0.316 e. The van der Waals surface area contributed by atoms with Gasteiger partial charge in [-0.05, 0) is 24.3 Å². The van der Waals surface area contributed by atoms with Gasteiger partial charge in [0.25, 0.3) is 0 Å². The number of thioether (sulfide) groups is 1. The van der Waals surface area contributed by atoms with Crippen molar-refractivity contribution in [3.05, 3.63) is 0 Å². The minimum absolute atomic E-state index is 0.436. The van der Waals surface area contributed by atoms with Crippen LogP contribution < -0.4 is 5.32 Å². The third-order valence-corrected chi connectivity index (χ3v) is 5.02. The van der Waals surface area contributed by atoms with Crippen LogP contribution in [0.4, 0.5) is 0 Å². The fourth-order valence-corrected chi connectivity index (χ4v) is 4.15. The van der Waals surface area contributed by atoms with Crippen molar-refractivity contribution in [1.82, 2.24) is 10.2 Å². The molecular formula is C16H34N2S. The van der Waals surface area contributed by atoms with E-state index in [1.165, 1.54) is 38.2 Å². The average molecular weight is 287 g/mol. The number of nitrogens with zero attached hydrogens (tertiary/aromatic N) is 1. The lowest BCUT2D eigenvalue weighted by atomic mass is 9.84. The highest BCUT2D eigenvalue weighted by molar-refractivity contribution is 7.99. The van der Waals surface area contributed by atoms with Crippen LogP contribution in [0.5, 0.6) is 0 Å². The molecule has 2 nitrogen and oxygen atoms in total. The van der Waals surface area contributed by atoms with E-state index in [0.717, 1.165) is 24.3 Å². The van der Waals surface area contributed by atoms with Gasteiger partial charge >= 0.3 is 0 Å². The van der Waals surface area contributed by atoms with Crippen molar-refractivity contribution in [3.8, 4) is 0 Å². The van der Waals surface area contributed by atoms with Gasteiger partial charge in [-0.2, -0.15) is 11.8 Å². The highest BCUT2D eigenvalue weighted by Gasteiger charge is 2.28. The smallest absolute Gasteiger partial charge is 0.0147 e. The average Bonchev–Trinajstić information content (AvgIpc) is 2.28. The van der Waals surface area contributed by atoms with E-state index in [1.54, 1.807) is 0 Å². The summed E-state index contributed by atoms with van der Waals surface area (Å²) in [6.07, 6.45) is 2.62. The van der Waals surface area contributed by atoms with Gasteiger partial charge in [-0.3, -0.25) is 0 Å². The Morgan fingerprint density at radius 3 is 2.74 bits per heavy atom. The van der Waals surface area contributed by atoms with Crippen molar-refractivity contribution < 1.29 is 0 Å². The van der Waals surface area contributed by atoms with Gasteiger partial charge in [-0.15, -0.1) is 0 Å². The summed E-state index contributed by atoms with van der Waals surface area (Å²) in [5.41, 5.74) is 0.436. The largest absolute Gasteiger partial charge is 0.316 e. The highest BCUT2D eigenvalue weighted by Crippen LogP contribution is 2.27. The Morgan fingerprint density at radius 1 is 1.42 bits per heavy atom. The number of hydrogen-bond acceptors (Lipinski definition) is 3. The molecule has 0 spiro atoms. The Balaban J connectivity index is 2.44. The van der Waals surface area contributed by atoms with Gasteiger partial charge in [0.1, 0.15) is 0 Å². The molecule has 0 aromatic heterocycles. The van der Waals surface area contributed by atoms with Crippen molar-refractivity contribution >= 4 is 11.8 Å². The molecule has 3 heteroatoms. The van der Waals surface area contributed by atoms with Crippen molar-refractivity contribution in [2.45, 2.75) is 52.7 Å². The first-order chi connectivity index (χ1) is 8.95. The second kappa shape index (κ2) is 8.53. The maximum atomic E-state index is 3.68. The maximum absolute atomic E-state index is 3.68. The molecule has 0 bridgehead atoms. The Morgan fingerprint density at radius 2 is 2.16 bits per heavy atom. The van der Waals surface area contributed by atoms with E-state index < -0.39 is 0 Å². The summed E-state index contributed by atoms with van der Waals surface area (Å²) < 4.78 is 0. The highest BCUT2D eigenvalue weighted by atomic mass is 32.2. The lowest BCUT2D eigenvalue weighted by Crippen LogP contribution is -2.47. The molecule has 0 amide bonds. The van der Waals surface area contributed by atoms with Crippen LogP contribution in [0, 0.1) is 11.3 Å². The summed E-state index contributed by atoms with van der Waals surface area (Å²) >= 11 is 2.13. The van der Waals surface area contributed by atoms with Crippen LogP contribution in [-0.4, -0.2) is 48.6 Å². The second-order valence-corrected chi connectivity index (χ2v) is 8.55. The molecule has 114 valence electrons. The molecule has 1 saturated heterocycles. The van der Waals surface area contributed by atoms with Crippen molar-refractivity contribution in [1.29, 1.82) is 0 Å². The lowest BCUT2D eigenvalue weighted by Gasteiger charge is -2.39. The van der Waals surface area contributed by atoms with E-state index in [2.05, 4.69) is 56.6 Å². The monoisotopic (exact) mass is 286 g/mol. The molecule has 1 fully saturated rings. The second-order valence-electron chi connectivity index (χ2n) is 7.00. The quantitative estimate of drug-likeness (QED) is 0.735. The van der Waals surface area contributed by atoms with Gasteiger partial charge in [0, 0.05) is 37.2 Å². The zero-order valence-electron chi connectivity index (χ0n) is 13.7. The fraction of sp³-hybridized carbons (Fsp3) is 1.00. The maximum Gasteiger partial charge on any atom is 0.0147 e. The van der Waals surface area contributed by atoms with Gasteiger partial charge < -0.3 is 10.2 Å². The van der Waals surface area contributed by atoms with Crippen LogP contribution in [0.3, 0.4) is 0 Å². The Bertz CT molecular complexity index is 245. The van der Waals surface area contributed by atoms with Crippen molar-refractivity contribution in [2.24, 2.45) is 11.3 Å². The summed E-state index contributed by atoms with van der Waals surface area (Å²) in [4.78, 5) is 2.69. The molecule has 2 unspecified atom stereocenters. The fourth-order valence-electron chi connectivity index (χ4n) is 3.06. The van der Waals surface area contributed by atoms with Gasteiger partial charge in [0.2, 0.25) is 0 Å². The number of hydrogen-bond donors (Lipinski definition) is 1. The molecule has 1 aliphatic rings. The van der Waals surface area contributed by atoms with Crippen LogP contribution in [0.15, 0.2) is 0 Å². The van der Waals surface area contributed by atoms with Crippen molar-refractivity contribution in [2.75, 3.05) is 38.5 Å². The molecule has 1 rings (SSSR count). The van der Waals surface area contributed by atoms with Crippen LogP contribution in [-0.2, 0) is 0 Å². The van der Waals surface area contributed by atoms with Gasteiger partial charge in [0.15, 0.2) is 0 Å². The summed E-state index contributed by atoms with van der Waals surface area (Å²) in [6.45, 7) is 17.8. The molecular weight excluding hydrogens is 252 g/mol. The molecule has 0 aromatic carbocycles. The SMILES string of the molecule is CCCC(C)(CNCC(C)C)CN1CCSC(C)C1. The number of nitrogens with one attached hydrogen (secondary N) is 1. The Labute approximate surface area is 125 Å². The normalized spacial score (nSPS) is 24.6.